The van der Waals surface area contributed by atoms with E-state index in [9.17, 15) is 5.11 Å². The molecule has 0 aromatic rings. The lowest BCUT2D eigenvalue weighted by Crippen LogP contribution is -2.45. The zero-order valence-corrected chi connectivity index (χ0v) is 9.50. The van der Waals surface area contributed by atoms with Crippen LogP contribution >= 0.6 is 0 Å². The van der Waals surface area contributed by atoms with Gasteiger partial charge in [-0.15, -0.1) is 0 Å². The van der Waals surface area contributed by atoms with Crippen LogP contribution in [0.25, 0.3) is 0 Å². The lowest BCUT2D eigenvalue weighted by Gasteiger charge is -2.32. The van der Waals surface area contributed by atoms with Gasteiger partial charge in [0.2, 0.25) is 0 Å². The van der Waals surface area contributed by atoms with Crippen molar-refractivity contribution in [2.75, 3.05) is 26.3 Å². The van der Waals surface area contributed by atoms with Gasteiger partial charge in [-0.2, -0.15) is 0 Å². The highest BCUT2D eigenvalue weighted by atomic mass is 16.5. The van der Waals surface area contributed by atoms with Gasteiger partial charge in [0, 0.05) is 6.61 Å². The Morgan fingerprint density at radius 3 is 2.53 bits per heavy atom. The smallest absolute Gasteiger partial charge is 0.0904 e. The monoisotopic (exact) mass is 213 g/mol. The standard InChI is InChI=1S/C12H23NO2/c14-12(5-7-13-8-6-12)10-15-9-11-3-1-2-4-11/h11,13-14H,1-10H2. The minimum atomic E-state index is -0.552. The lowest BCUT2D eigenvalue weighted by atomic mass is 9.93. The number of hydrogen-bond acceptors (Lipinski definition) is 3. The SMILES string of the molecule is OC1(COCC2CCCC2)CCNCC1. The molecule has 0 spiro atoms. The minimum absolute atomic E-state index is 0.533. The third-order valence-corrected chi connectivity index (χ3v) is 3.73. The number of ether oxygens (including phenoxy) is 1. The Hall–Kier alpha value is -0.120. The molecule has 1 heterocycles. The molecule has 1 saturated heterocycles. The van der Waals surface area contributed by atoms with Gasteiger partial charge in [0.1, 0.15) is 0 Å². The predicted molar refractivity (Wildman–Crippen MR) is 59.8 cm³/mol. The van der Waals surface area contributed by atoms with E-state index in [4.69, 9.17) is 4.74 Å². The van der Waals surface area contributed by atoms with E-state index in [1.807, 2.05) is 0 Å². The summed E-state index contributed by atoms with van der Waals surface area (Å²) >= 11 is 0. The Morgan fingerprint density at radius 1 is 1.20 bits per heavy atom. The van der Waals surface area contributed by atoms with E-state index in [0.717, 1.165) is 38.5 Å². The van der Waals surface area contributed by atoms with Gasteiger partial charge in [-0.25, -0.2) is 0 Å². The molecule has 0 unspecified atom stereocenters. The zero-order chi connectivity index (χ0) is 10.6. The second kappa shape index (κ2) is 5.28. The quantitative estimate of drug-likeness (QED) is 0.740. The average molecular weight is 213 g/mol. The van der Waals surface area contributed by atoms with Crippen molar-refractivity contribution in [2.24, 2.45) is 5.92 Å². The summed E-state index contributed by atoms with van der Waals surface area (Å²) in [5.41, 5.74) is -0.552. The van der Waals surface area contributed by atoms with Crippen molar-refractivity contribution in [1.82, 2.24) is 5.32 Å². The van der Waals surface area contributed by atoms with Gasteiger partial charge in [0.05, 0.1) is 12.2 Å². The van der Waals surface area contributed by atoms with E-state index < -0.39 is 5.60 Å². The Balaban J connectivity index is 1.63. The Kier molecular flexibility index (Phi) is 4.00. The predicted octanol–water partition coefficient (Wildman–Crippen LogP) is 1.31. The van der Waals surface area contributed by atoms with E-state index in [1.54, 1.807) is 0 Å². The van der Waals surface area contributed by atoms with Crippen molar-refractivity contribution < 1.29 is 9.84 Å². The van der Waals surface area contributed by atoms with Crippen LogP contribution in [0.2, 0.25) is 0 Å². The highest BCUT2D eigenvalue weighted by Crippen LogP contribution is 2.25. The molecule has 15 heavy (non-hydrogen) atoms. The molecular weight excluding hydrogens is 190 g/mol. The first-order valence-corrected chi connectivity index (χ1v) is 6.29. The molecule has 1 aliphatic carbocycles. The normalized spacial score (nSPS) is 27.0. The van der Waals surface area contributed by atoms with Gasteiger partial charge < -0.3 is 15.2 Å². The molecule has 2 rings (SSSR count). The van der Waals surface area contributed by atoms with Gasteiger partial charge in [-0.3, -0.25) is 0 Å². The molecule has 88 valence electrons. The van der Waals surface area contributed by atoms with Gasteiger partial charge in [-0.05, 0) is 44.7 Å². The van der Waals surface area contributed by atoms with E-state index in [0.29, 0.717) is 6.61 Å². The highest BCUT2D eigenvalue weighted by Gasteiger charge is 2.29. The largest absolute Gasteiger partial charge is 0.387 e. The first kappa shape index (κ1) is 11.4. The molecule has 2 fully saturated rings. The van der Waals surface area contributed by atoms with E-state index in [2.05, 4.69) is 5.32 Å². The van der Waals surface area contributed by atoms with E-state index in [-0.39, 0.29) is 0 Å². The molecule has 0 amide bonds. The Labute approximate surface area is 92.2 Å². The lowest BCUT2D eigenvalue weighted by molar-refractivity contribution is -0.0701. The molecule has 0 atom stereocenters. The topological polar surface area (TPSA) is 41.5 Å². The summed E-state index contributed by atoms with van der Waals surface area (Å²) < 4.78 is 5.68. The fourth-order valence-corrected chi connectivity index (χ4v) is 2.63. The molecule has 0 radical (unpaired) electrons. The van der Waals surface area contributed by atoms with Gasteiger partial charge in [0.15, 0.2) is 0 Å². The van der Waals surface area contributed by atoms with Crippen LogP contribution in [0.15, 0.2) is 0 Å². The van der Waals surface area contributed by atoms with Crippen LogP contribution in [-0.2, 0) is 4.74 Å². The van der Waals surface area contributed by atoms with Crippen molar-refractivity contribution >= 4 is 0 Å². The van der Waals surface area contributed by atoms with E-state index in [1.165, 1.54) is 25.7 Å². The van der Waals surface area contributed by atoms with Crippen LogP contribution in [0.3, 0.4) is 0 Å². The third-order valence-electron chi connectivity index (χ3n) is 3.73. The van der Waals surface area contributed by atoms with Crippen LogP contribution in [-0.4, -0.2) is 37.0 Å². The van der Waals surface area contributed by atoms with Gasteiger partial charge in [0.25, 0.3) is 0 Å². The van der Waals surface area contributed by atoms with Crippen molar-refractivity contribution in [3.05, 3.63) is 0 Å². The molecule has 3 heteroatoms. The molecule has 3 nitrogen and oxygen atoms in total. The second-order valence-electron chi connectivity index (χ2n) is 5.14. The van der Waals surface area contributed by atoms with Crippen LogP contribution in [0, 0.1) is 5.92 Å². The molecule has 0 bridgehead atoms. The molecule has 0 aromatic carbocycles. The summed E-state index contributed by atoms with van der Waals surface area (Å²) in [7, 11) is 0. The Bertz CT molecular complexity index is 184. The molecule has 1 saturated carbocycles. The van der Waals surface area contributed by atoms with Crippen LogP contribution in [0.1, 0.15) is 38.5 Å². The highest BCUT2D eigenvalue weighted by molar-refractivity contribution is 4.84. The molecular formula is C12H23NO2. The second-order valence-corrected chi connectivity index (χ2v) is 5.14. The van der Waals surface area contributed by atoms with Gasteiger partial charge >= 0.3 is 0 Å². The maximum Gasteiger partial charge on any atom is 0.0904 e. The number of rotatable bonds is 4. The third kappa shape index (κ3) is 3.44. The average Bonchev–Trinajstić information content (AvgIpc) is 2.71. The maximum atomic E-state index is 10.2. The summed E-state index contributed by atoms with van der Waals surface area (Å²) in [5.74, 6) is 0.760. The summed E-state index contributed by atoms with van der Waals surface area (Å²) in [5, 5.41) is 13.4. The molecule has 0 aromatic heterocycles. The number of piperidine rings is 1. The van der Waals surface area contributed by atoms with Crippen LogP contribution < -0.4 is 5.32 Å². The number of hydrogen-bond donors (Lipinski definition) is 2. The fraction of sp³-hybridized carbons (Fsp3) is 1.00. The summed E-state index contributed by atoms with van der Waals surface area (Å²) in [6, 6.07) is 0. The summed E-state index contributed by atoms with van der Waals surface area (Å²) in [6.07, 6.45) is 7.03. The van der Waals surface area contributed by atoms with Crippen molar-refractivity contribution in [2.45, 2.75) is 44.1 Å². The maximum absolute atomic E-state index is 10.2. The molecule has 2 aliphatic rings. The van der Waals surface area contributed by atoms with E-state index >= 15 is 0 Å². The van der Waals surface area contributed by atoms with Crippen LogP contribution in [0.5, 0.6) is 0 Å². The first-order chi connectivity index (χ1) is 7.29. The molecule has 2 N–H and O–H groups in total. The molecule has 1 aliphatic heterocycles. The fourth-order valence-electron chi connectivity index (χ4n) is 2.63. The number of nitrogens with one attached hydrogen (secondary N) is 1. The Morgan fingerprint density at radius 2 is 1.87 bits per heavy atom. The van der Waals surface area contributed by atoms with Crippen LogP contribution in [0.4, 0.5) is 0 Å². The van der Waals surface area contributed by atoms with Crippen molar-refractivity contribution in [3.63, 3.8) is 0 Å². The van der Waals surface area contributed by atoms with Crippen molar-refractivity contribution in [1.29, 1.82) is 0 Å². The summed E-state index contributed by atoms with van der Waals surface area (Å²) in [6.45, 7) is 3.23. The zero-order valence-electron chi connectivity index (χ0n) is 9.50. The summed E-state index contributed by atoms with van der Waals surface area (Å²) in [4.78, 5) is 0. The minimum Gasteiger partial charge on any atom is -0.387 e. The van der Waals surface area contributed by atoms with Crippen molar-refractivity contribution in [3.8, 4) is 0 Å². The number of aliphatic hydroxyl groups is 1. The first-order valence-electron chi connectivity index (χ1n) is 6.29. The van der Waals surface area contributed by atoms with Gasteiger partial charge in [-0.1, -0.05) is 12.8 Å².